The molecular weight excluding hydrogens is 454 g/mol. The summed E-state index contributed by atoms with van der Waals surface area (Å²) < 4.78 is 52.1. The van der Waals surface area contributed by atoms with E-state index in [-0.39, 0.29) is 12.0 Å². The highest BCUT2D eigenvalue weighted by Gasteiger charge is 2.40. The predicted octanol–water partition coefficient (Wildman–Crippen LogP) is 3.48. The van der Waals surface area contributed by atoms with Gasteiger partial charge in [0.2, 0.25) is 0 Å². The van der Waals surface area contributed by atoms with Crippen LogP contribution >= 0.6 is 11.6 Å². The number of aldehydes is 1. The molecule has 0 spiro atoms. The van der Waals surface area contributed by atoms with Crippen LogP contribution in [0.2, 0.25) is 5.02 Å². The minimum atomic E-state index is -4.91. The van der Waals surface area contributed by atoms with Crippen LogP contribution in [-0.2, 0) is 9.59 Å². The molecule has 0 saturated carbocycles. The summed E-state index contributed by atoms with van der Waals surface area (Å²) in [4.78, 5) is 23.7. The van der Waals surface area contributed by atoms with Crippen LogP contribution < -0.4 is 10.3 Å². The van der Waals surface area contributed by atoms with E-state index < -0.39 is 36.1 Å². The predicted molar refractivity (Wildman–Crippen MR) is 112 cm³/mol. The van der Waals surface area contributed by atoms with E-state index in [0.717, 1.165) is 6.08 Å². The molecule has 2 rings (SSSR count). The lowest BCUT2D eigenvalue weighted by molar-refractivity contribution is -0.167. The number of aliphatic hydroxyl groups is 1. The van der Waals surface area contributed by atoms with Crippen LogP contribution in [0.4, 0.5) is 23.2 Å². The second-order valence-corrected chi connectivity index (χ2v) is 6.90. The number of allylic oxidation sites excluding steroid dienone is 1. The Bertz CT molecular complexity index is 1020. The molecule has 0 fully saturated rings. The van der Waals surface area contributed by atoms with Crippen LogP contribution in [0.3, 0.4) is 0 Å². The molecule has 1 atom stereocenters. The Hall–Kier alpha value is -3.24. The molecule has 170 valence electrons. The number of carbonyl (C=O) groups is 2. The van der Waals surface area contributed by atoms with Gasteiger partial charge in [0.25, 0.3) is 5.91 Å². The molecule has 11 heteroatoms. The van der Waals surface area contributed by atoms with Crippen molar-refractivity contribution in [2.45, 2.75) is 12.2 Å². The third-order valence-electron chi connectivity index (χ3n) is 4.14. The van der Waals surface area contributed by atoms with Gasteiger partial charge in [-0.05, 0) is 36.4 Å². The summed E-state index contributed by atoms with van der Waals surface area (Å²) in [5.41, 5.74) is 0.0472. The fraction of sp³-hybridized carbons (Fsp3) is 0.190. The molecule has 0 bridgehead atoms. The first-order chi connectivity index (χ1) is 15.0. The number of hydrazone groups is 1. The number of nitrogens with one attached hydrogen (secondary N) is 1. The molecule has 0 radical (unpaired) electrons. The summed E-state index contributed by atoms with van der Waals surface area (Å²) in [5.74, 6) is -1.88. The maximum Gasteiger partial charge on any atom is 0.410 e. The maximum atomic E-state index is 13.5. The second-order valence-electron chi connectivity index (χ2n) is 6.46. The lowest BCUT2D eigenvalue weighted by Gasteiger charge is -2.19. The summed E-state index contributed by atoms with van der Waals surface area (Å²) in [5, 5.41) is 16.4. The number of alkyl halides is 3. The minimum absolute atomic E-state index is 0.0123. The molecule has 32 heavy (non-hydrogen) atoms. The fourth-order valence-corrected chi connectivity index (χ4v) is 2.59. The summed E-state index contributed by atoms with van der Waals surface area (Å²) in [6.45, 7) is -1.40. The third-order valence-corrected chi connectivity index (χ3v) is 4.40. The Morgan fingerprint density at radius 3 is 2.44 bits per heavy atom. The highest BCUT2D eigenvalue weighted by atomic mass is 35.5. The van der Waals surface area contributed by atoms with Gasteiger partial charge in [0.1, 0.15) is 11.9 Å². The monoisotopic (exact) mass is 471 g/mol. The number of aliphatic hydroxyl groups excluding tert-OH is 1. The molecule has 2 aromatic rings. The fourth-order valence-electron chi connectivity index (χ4n) is 2.46. The lowest BCUT2D eigenvalue weighted by atomic mass is 10.1. The first-order valence-corrected chi connectivity index (χ1v) is 9.42. The number of benzene rings is 2. The second kappa shape index (κ2) is 10.9. The maximum absolute atomic E-state index is 13.5. The molecule has 0 aliphatic rings. The topological polar surface area (TPSA) is 82.0 Å². The number of rotatable bonds is 8. The van der Waals surface area contributed by atoms with E-state index in [1.807, 2.05) is 0 Å². The normalized spacial score (nSPS) is 13.5. The van der Waals surface area contributed by atoms with Gasteiger partial charge in [-0.15, -0.1) is 0 Å². The van der Waals surface area contributed by atoms with Gasteiger partial charge in [-0.25, -0.2) is 4.39 Å². The first-order valence-electron chi connectivity index (χ1n) is 9.04. The Labute approximate surface area is 185 Å². The smallest absolute Gasteiger partial charge is 0.394 e. The number of amides is 1. The summed E-state index contributed by atoms with van der Waals surface area (Å²) in [6.07, 6.45) is -3.87. The zero-order valence-corrected chi connectivity index (χ0v) is 17.4. The zero-order valence-electron chi connectivity index (χ0n) is 16.6. The highest BCUT2D eigenvalue weighted by molar-refractivity contribution is 6.30. The van der Waals surface area contributed by atoms with Gasteiger partial charge >= 0.3 is 6.18 Å². The van der Waals surface area contributed by atoms with Gasteiger partial charge in [-0.2, -0.15) is 18.3 Å². The van der Waals surface area contributed by atoms with Crippen molar-refractivity contribution in [1.82, 2.24) is 5.32 Å². The molecule has 1 unspecified atom stereocenters. The Morgan fingerprint density at radius 1 is 1.25 bits per heavy atom. The minimum Gasteiger partial charge on any atom is -0.394 e. The average molecular weight is 472 g/mol. The van der Waals surface area contributed by atoms with Crippen molar-refractivity contribution in [3.05, 3.63) is 76.6 Å². The van der Waals surface area contributed by atoms with Crippen LogP contribution in [0, 0.1) is 5.82 Å². The van der Waals surface area contributed by atoms with Gasteiger partial charge in [0.05, 0.1) is 23.6 Å². The quantitative estimate of drug-likeness (QED) is 0.117. The van der Waals surface area contributed by atoms with Gasteiger partial charge in [0, 0.05) is 17.6 Å². The Morgan fingerprint density at radius 2 is 1.91 bits per heavy atom. The van der Waals surface area contributed by atoms with E-state index in [4.69, 9.17) is 16.7 Å². The van der Waals surface area contributed by atoms with Crippen molar-refractivity contribution in [3.63, 3.8) is 0 Å². The molecule has 0 heterocycles. The van der Waals surface area contributed by atoms with E-state index in [9.17, 15) is 27.2 Å². The zero-order chi connectivity index (χ0) is 23.9. The molecule has 0 saturated heterocycles. The van der Waals surface area contributed by atoms with Gasteiger partial charge in [0.15, 0.2) is 6.29 Å². The van der Waals surface area contributed by atoms with Crippen molar-refractivity contribution in [2.75, 3.05) is 18.7 Å². The standard InChI is InChI=1S/C21H18ClF4N3O3/c1-29(17-4-2-3-16(23)10-17)28-18(13-5-7-15(22)8-6-13)9-14(11-30)20(32)27-19(12-31)21(24,25)26/h2-11,19,31H,12H2,1H3,(H,27,32)/b14-9+,28-18+. The van der Waals surface area contributed by atoms with Crippen molar-refractivity contribution in [2.24, 2.45) is 5.10 Å². The van der Waals surface area contributed by atoms with Crippen molar-refractivity contribution < 1.29 is 32.3 Å². The molecular formula is C21H18ClF4N3O3. The number of halogens is 5. The number of anilines is 1. The Balaban J connectivity index is 2.48. The average Bonchev–Trinajstić information content (AvgIpc) is 2.74. The third kappa shape index (κ3) is 6.89. The molecule has 0 aliphatic carbocycles. The summed E-state index contributed by atoms with van der Waals surface area (Å²) in [6, 6.07) is 8.92. The lowest BCUT2D eigenvalue weighted by Crippen LogP contribution is -2.48. The first kappa shape index (κ1) is 25.0. The molecule has 0 aliphatic heterocycles. The summed E-state index contributed by atoms with van der Waals surface area (Å²) in [7, 11) is 1.48. The van der Waals surface area contributed by atoms with E-state index in [2.05, 4.69) is 5.10 Å². The number of hydrogen-bond acceptors (Lipinski definition) is 5. The van der Waals surface area contributed by atoms with E-state index >= 15 is 0 Å². The van der Waals surface area contributed by atoms with Crippen LogP contribution in [0.25, 0.3) is 0 Å². The molecule has 2 aromatic carbocycles. The van der Waals surface area contributed by atoms with Gasteiger partial charge in [-0.1, -0.05) is 29.8 Å². The molecule has 1 amide bonds. The van der Waals surface area contributed by atoms with Gasteiger partial charge in [-0.3, -0.25) is 14.6 Å². The highest BCUT2D eigenvalue weighted by Crippen LogP contribution is 2.20. The van der Waals surface area contributed by atoms with E-state index in [1.54, 1.807) is 11.4 Å². The van der Waals surface area contributed by atoms with Crippen molar-refractivity contribution in [3.8, 4) is 0 Å². The number of carbonyl (C=O) groups excluding carboxylic acids is 2. The van der Waals surface area contributed by atoms with Crippen molar-refractivity contribution >= 4 is 35.2 Å². The van der Waals surface area contributed by atoms with Crippen molar-refractivity contribution in [1.29, 1.82) is 0 Å². The molecule has 0 aromatic heterocycles. The van der Waals surface area contributed by atoms with Gasteiger partial charge < -0.3 is 10.4 Å². The van der Waals surface area contributed by atoms with Crippen LogP contribution in [-0.4, -0.2) is 48.9 Å². The van der Waals surface area contributed by atoms with Crippen LogP contribution in [0.1, 0.15) is 5.56 Å². The number of hydrogen-bond donors (Lipinski definition) is 2. The Kier molecular flexibility index (Phi) is 8.50. The van der Waals surface area contributed by atoms with Crippen LogP contribution in [0.15, 0.2) is 65.3 Å². The van der Waals surface area contributed by atoms with E-state index in [0.29, 0.717) is 16.3 Å². The largest absolute Gasteiger partial charge is 0.410 e. The van der Waals surface area contributed by atoms with Crippen LogP contribution in [0.5, 0.6) is 0 Å². The molecule has 6 nitrogen and oxygen atoms in total. The number of nitrogens with zero attached hydrogens (tertiary/aromatic N) is 2. The molecule has 2 N–H and O–H groups in total. The SMILES string of the molecule is CN(/N=C(\C=C(/C=O)C(=O)NC(CO)C(F)(F)F)c1ccc(Cl)cc1)c1cccc(F)c1. The summed E-state index contributed by atoms with van der Waals surface area (Å²) >= 11 is 5.88. The van der Waals surface area contributed by atoms with E-state index in [1.165, 1.54) is 54.5 Å².